The fourth-order valence-corrected chi connectivity index (χ4v) is 3.34. The number of carbonyl (C=O) groups is 2. The van der Waals surface area contributed by atoms with Gasteiger partial charge in [0.25, 0.3) is 0 Å². The van der Waals surface area contributed by atoms with Crippen LogP contribution >= 0.6 is 0 Å². The first kappa shape index (κ1) is 19.5. The van der Waals surface area contributed by atoms with Crippen LogP contribution in [0.1, 0.15) is 35.5 Å². The fourth-order valence-electron chi connectivity index (χ4n) is 3.34. The molecule has 1 aromatic heterocycles. The van der Waals surface area contributed by atoms with Crippen LogP contribution in [-0.4, -0.2) is 34.8 Å². The van der Waals surface area contributed by atoms with Gasteiger partial charge in [-0.05, 0) is 62.7 Å². The number of fused-ring (bicyclic) bond motifs is 1. The Balaban J connectivity index is 2.10. The molecule has 1 N–H and O–H groups in total. The van der Waals surface area contributed by atoms with Gasteiger partial charge in [-0.15, -0.1) is 0 Å². The van der Waals surface area contributed by atoms with Crippen molar-refractivity contribution in [3.8, 4) is 11.4 Å². The first-order valence-corrected chi connectivity index (χ1v) is 9.22. The molecule has 0 aliphatic heterocycles. The Morgan fingerprint density at radius 2 is 1.68 bits per heavy atom. The summed E-state index contributed by atoms with van der Waals surface area (Å²) in [5, 5.41) is 10.9. The van der Waals surface area contributed by atoms with Crippen molar-refractivity contribution in [1.29, 1.82) is 0 Å². The average Bonchev–Trinajstić information content (AvgIpc) is 2.93. The predicted molar refractivity (Wildman–Crippen MR) is 106 cm³/mol. The molecule has 6 heteroatoms. The highest BCUT2D eigenvalue weighted by Gasteiger charge is 2.19. The maximum Gasteiger partial charge on any atom is 0.338 e. The number of aromatic hydroxyl groups is 1. The average molecular weight is 381 g/mol. The van der Waals surface area contributed by atoms with Gasteiger partial charge in [0.2, 0.25) is 0 Å². The molecule has 0 radical (unpaired) electrons. The smallest absolute Gasteiger partial charge is 0.338 e. The van der Waals surface area contributed by atoms with Gasteiger partial charge < -0.3 is 19.1 Å². The zero-order chi connectivity index (χ0) is 20.3. The molecule has 28 heavy (non-hydrogen) atoms. The molecule has 0 aliphatic carbocycles. The molecule has 0 fully saturated rings. The second-order valence-corrected chi connectivity index (χ2v) is 6.35. The van der Waals surface area contributed by atoms with Crippen molar-refractivity contribution in [1.82, 2.24) is 4.57 Å². The van der Waals surface area contributed by atoms with Crippen LogP contribution < -0.4 is 0 Å². The molecule has 0 spiro atoms. The molecule has 6 nitrogen and oxygen atoms in total. The summed E-state index contributed by atoms with van der Waals surface area (Å²) in [7, 11) is 0. The number of hydrogen-bond donors (Lipinski definition) is 1. The van der Waals surface area contributed by atoms with Gasteiger partial charge in [-0.2, -0.15) is 0 Å². The number of hydrogen-bond acceptors (Lipinski definition) is 5. The Bertz CT molecular complexity index is 1020. The Morgan fingerprint density at radius 3 is 2.32 bits per heavy atom. The van der Waals surface area contributed by atoms with Gasteiger partial charge in [-0.3, -0.25) is 4.79 Å². The van der Waals surface area contributed by atoms with E-state index in [0.29, 0.717) is 18.8 Å². The lowest BCUT2D eigenvalue weighted by Gasteiger charge is -2.10. The van der Waals surface area contributed by atoms with Gasteiger partial charge in [-0.25, -0.2) is 4.79 Å². The minimum atomic E-state index is -0.371. The van der Waals surface area contributed by atoms with Crippen LogP contribution in [0.2, 0.25) is 0 Å². The molecule has 0 saturated carbocycles. The van der Waals surface area contributed by atoms with E-state index in [1.54, 1.807) is 44.2 Å². The van der Waals surface area contributed by atoms with E-state index in [-0.39, 0.29) is 24.1 Å². The summed E-state index contributed by atoms with van der Waals surface area (Å²) in [6, 6.07) is 12.1. The van der Waals surface area contributed by atoms with Crippen molar-refractivity contribution in [3.63, 3.8) is 0 Å². The number of esters is 2. The summed E-state index contributed by atoms with van der Waals surface area (Å²) in [5.41, 5.74) is 3.78. The SMILES string of the molecule is CCOC(=O)Cc1c(C)n(-c2ccc(C(=O)OCC)cc2)c2cc(O)ccc12. The summed E-state index contributed by atoms with van der Waals surface area (Å²) in [4.78, 5) is 24.0. The zero-order valence-electron chi connectivity index (χ0n) is 16.2. The molecule has 0 unspecified atom stereocenters. The topological polar surface area (TPSA) is 77.8 Å². The van der Waals surface area contributed by atoms with Gasteiger partial charge in [0.15, 0.2) is 0 Å². The Hall–Kier alpha value is -3.28. The third kappa shape index (κ3) is 3.71. The van der Waals surface area contributed by atoms with E-state index in [4.69, 9.17) is 9.47 Å². The van der Waals surface area contributed by atoms with Gasteiger partial charge in [-0.1, -0.05) is 0 Å². The Labute approximate surface area is 163 Å². The van der Waals surface area contributed by atoms with Crippen molar-refractivity contribution < 1.29 is 24.2 Å². The third-order valence-electron chi connectivity index (χ3n) is 4.58. The van der Waals surface area contributed by atoms with E-state index in [0.717, 1.165) is 27.8 Å². The van der Waals surface area contributed by atoms with Crippen molar-refractivity contribution in [2.75, 3.05) is 13.2 Å². The maximum absolute atomic E-state index is 12.1. The second-order valence-electron chi connectivity index (χ2n) is 6.35. The van der Waals surface area contributed by atoms with E-state index >= 15 is 0 Å². The summed E-state index contributed by atoms with van der Waals surface area (Å²) in [5.74, 6) is -0.531. The lowest BCUT2D eigenvalue weighted by atomic mass is 10.1. The molecule has 146 valence electrons. The molecular formula is C22H23NO5. The van der Waals surface area contributed by atoms with Crippen LogP contribution in [0.25, 0.3) is 16.6 Å². The van der Waals surface area contributed by atoms with E-state index in [9.17, 15) is 14.7 Å². The van der Waals surface area contributed by atoms with E-state index < -0.39 is 0 Å². The van der Waals surface area contributed by atoms with E-state index in [1.165, 1.54) is 0 Å². The number of ether oxygens (including phenoxy) is 2. The number of nitrogens with zero attached hydrogens (tertiary/aromatic N) is 1. The van der Waals surface area contributed by atoms with Crippen molar-refractivity contribution in [2.24, 2.45) is 0 Å². The van der Waals surface area contributed by atoms with Crippen molar-refractivity contribution in [2.45, 2.75) is 27.2 Å². The minimum Gasteiger partial charge on any atom is -0.508 e. The standard InChI is InChI=1S/C22H23NO5/c1-4-27-21(25)13-19-14(3)23(20-12-17(24)10-11-18(19)20)16-8-6-15(7-9-16)22(26)28-5-2/h6-12,24H,4-5,13H2,1-3H3. The largest absolute Gasteiger partial charge is 0.508 e. The summed E-state index contributed by atoms with van der Waals surface area (Å²) >= 11 is 0. The Kier molecular flexibility index (Phi) is 5.68. The number of phenolic OH excluding ortho intramolecular Hbond substituents is 1. The van der Waals surface area contributed by atoms with Crippen LogP contribution in [0.15, 0.2) is 42.5 Å². The van der Waals surface area contributed by atoms with Crippen molar-refractivity contribution >= 4 is 22.8 Å². The monoisotopic (exact) mass is 381 g/mol. The molecule has 0 atom stereocenters. The highest BCUT2D eigenvalue weighted by atomic mass is 16.5. The first-order valence-electron chi connectivity index (χ1n) is 9.22. The number of aromatic nitrogens is 1. The molecule has 1 heterocycles. The maximum atomic E-state index is 12.1. The van der Waals surface area contributed by atoms with Gasteiger partial charge in [0.05, 0.1) is 30.7 Å². The Morgan fingerprint density at radius 1 is 1.00 bits per heavy atom. The zero-order valence-corrected chi connectivity index (χ0v) is 16.2. The summed E-state index contributed by atoms with van der Waals surface area (Å²) in [6.07, 6.45) is 0.148. The highest BCUT2D eigenvalue weighted by molar-refractivity contribution is 5.92. The quantitative estimate of drug-likeness (QED) is 0.655. The third-order valence-corrected chi connectivity index (χ3v) is 4.58. The first-order chi connectivity index (χ1) is 13.5. The molecule has 3 rings (SSSR count). The van der Waals surface area contributed by atoms with Crippen molar-refractivity contribution in [3.05, 3.63) is 59.3 Å². The van der Waals surface area contributed by atoms with Crippen LogP contribution in [0.5, 0.6) is 5.75 Å². The van der Waals surface area contributed by atoms with Crippen LogP contribution in [0.4, 0.5) is 0 Å². The molecule has 0 saturated heterocycles. The molecule has 3 aromatic rings. The number of carbonyl (C=O) groups excluding carboxylic acids is 2. The molecule has 0 bridgehead atoms. The number of rotatable bonds is 6. The second kappa shape index (κ2) is 8.17. The highest BCUT2D eigenvalue weighted by Crippen LogP contribution is 2.32. The predicted octanol–water partition coefficient (Wildman–Crippen LogP) is 3.93. The van der Waals surface area contributed by atoms with Crippen LogP contribution in [-0.2, 0) is 20.7 Å². The van der Waals surface area contributed by atoms with Gasteiger partial charge >= 0.3 is 11.9 Å². The van der Waals surface area contributed by atoms with E-state index in [2.05, 4.69) is 0 Å². The number of benzene rings is 2. The lowest BCUT2D eigenvalue weighted by molar-refractivity contribution is -0.142. The van der Waals surface area contributed by atoms with Crippen LogP contribution in [0.3, 0.4) is 0 Å². The lowest BCUT2D eigenvalue weighted by Crippen LogP contribution is -2.08. The fraction of sp³-hybridized carbons (Fsp3) is 0.273. The molecule has 2 aromatic carbocycles. The summed E-state index contributed by atoms with van der Waals surface area (Å²) < 4.78 is 12.1. The molecular weight excluding hydrogens is 358 g/mol. The van der Waals surface area contributed by atoms with Gasteiger partial charge in [0, 0.05) is 22.8 Å². The normalized spacial score (nSPS) is 10.8. The molecule has 0 aliphatic rings. The molecule has 0 amide bonds. The van der Waals surface area contributed by atoms with Crippen LogP contribution in [0, 0.1) is 6.92 Å². The van der Waals surface area contributed by atoms with Gasteiger partial charge in [0.1, 0.15) is 5.75 Å². The van der Waals surface area contributed by atoms with E-state index in [1.807, 2.05) is 23.6 Å². The minimum absolute atomic E-state index is 0.136. The number of phenols is 1. The summed E-state index contributed by atoms with van der Waals surface area (Å²) in [6.45, 7) is 6.10.